The second-order valence-electron chi connectivity index (χ2n) is 3.94. The predicted molar refractivity (Wildman–Crippen MR) is 70.9 cm³/mol. The fraction of sp³-hybridized carbons (Fsp3) is 0.429. The van der Waals surface area contributed by atoms with Gasteiger partial charge in [-0.05, 0) is 19.1 Å². The maximum absolute atomic E-state index is 11.9. The minimum absolute atomic E-state index is 0.0696. The average molecular weight is 265 g/mol. The number of hydrogen-bond donors (Lipinski definition) is 0. The highest BCUT2D eigenvalue weighted by molar-refractivity contribution is 5.95. The molecule has 104 valence electrons. The predicted octanol–water partition coefficient (Wildman–Crippen LogP) is 1.34. The van der Waals surface area contributed by atoms with Crippen LogP contribution in [-0.4, -0.2) is 50.2 Å². The Labute approximate surface area is 113 Å². The molecule has 1 aromatic rings. The van der Waals surface area contributed by atoms with Gasteiger partial charge in [-0.15, -0.1) is 0 Å². The van der Waals surface area contributed by atoms with Gasteiger partial charge in [-0.1, -0.05) is 18.2 Å². The molecule has 1 rings (SSSR count). The Morgan fingerprint density at radius 1 is 1.16 bits per heavy atom. The summed E-state index contributed by atoms with van der Waals surface area (Å²) in [7, 11) is 1.57. The van der Waals surface area contributed by atoms with Crippen molar-refractivity contribution in [1.82, 2.24) is 4.90 Å². The van der Waals surface area contributed by atoms with Crippen LogP contribution in [0.3, 0.4) is 0 Å². The molecule has 0 saturated carbocycles. The van der Waals surface area contributed by atoms with Crippen molar-refractivity contribution in [3.63, 3.8) is 0 Å². The van der Waals surface area contributed by atoms with E-state index in [0.717, 1.165) is 0 Å². The molecule has 0 unspecified atom stereocenters. The van der Waals surface area contributed by atoms with Crippen molar-refractivity contribution < 1.29 is 19.1 Å². The molecule has 19 heavy (non-hydrogen) atoms. The summed E-state index contributed by atoms with van der Waals surface area (Å²) < 4.78 is 9.99. The first-order valence-electron chi connectivity index (χ1n) is 6.19. The van der Waals surface area contributed by atoms with Crippen LogP contribution in [-0.2, 0) is 14.3 Å². The number of nitrogens with zero attached hydrogens (tertiary/aromatic N) is 1. The summed E-state index contributed by atoms with van der Waals surface area (Å²) in [6.45, 7) is 2.97. The van der Waals surface area contributed by atoms with Crippen LogP contribution in [0.5, 0.6) is 0 Å². The van der Waals surface area contributed by atoms with E-state index in [9.17, 15) is 9.59 Å². The van der Waals surface area contributed by atoms with Crippen LogP contribution in [0.25, 0.3) is 0 Å². The number of ether oxygens (including phenoxy) is 2. The Morgan fingerprint density at radius 2 is 1.84 bits per heavy atom. The summed E-state index contributed by atoms with van der Waals surface area (Å²) >= 11 is 0. The van der Waals surface area contributed by atoms with Gasteiger partial charge in [-0.2, -0.15) is 0 Å². The Balaban J connectivity index is 2.36. The van der Waals surface area contributed by atoms with Crippen molar-refractivity contribution in [2.75, 3.05) is 33.4 Å². The third-order valence-electron chi connectivity index (χ3n) is 2.43. The van der Waals surface area contributed by atoms with Crippen LogP contribution in [0, 0.1) is 0 Å². The molecule has 0 bridgehead atoms. The van der Waals surface area contributed by atoms with E-state index in [2.05, 4.69) is 0 Å². The SMILES string of the molecule is CCOCCOC(=O)CN(C)C(=O)c1ccccc1. The molecule has 0 saturated heterocycles. The molecule has 0 atom stereocenters. The lowest BCUT2D eigenvalue weighted by Crippen LogP contribution is -2.33. The summed E-state index contributed by atoms with van der Waals surface area (Å²) in [5.41, 5.74) is 0.548. The molecule has 0 aliphatic rings. The molecule has 0 radical (unpaired) electrons. The van der Waals surface area contributed by atoms with Crippen molar-refractivity contribution in [2.24, 2.45) is 0 Å². The van der Waals surface area contributed by atoms with Gasteiger partial charge >= 0.3 is 5.97 Å². The minimum Gasteiger partial charge on any atom is -0.462 e. The van der Waals surface area contributed by atoms with Crippen molar-refractivity contribution in [1.29, 1.82) is 0 Å². The molecule has 0 aliphatic carbocycles. The van der Waals surface area contributed by atoms with E-state index in [4.69, 9.17) is 9.47 Å². The lowest BCUT2D eigenvalue weighted by atomic mass is 10.2. The summed E-state index contributed by atoms with van der Waals surface area (Å²) in [6.07, 6.45) is 0. The van der Waals surface area contributed by atoms with Crippen LogP contribution in [0.15, 0.2) is 30.3 Å². The first-order valence-corrected chi connectivity index (χ1v) is 6.19. The fourth-order valence-corrected chi connectivity index (χ4v) is 1.47. The third kappa shape index (κ3) is 5.52. The van der Waals surface area contributed by atoms with Crippen LogP contribution in [0.4, 0.5) is 0 Å². The quantitative estimate of drug-likeness (QED) is 0.551. The van der Waals surface area contributed by atoms with Crippen molar-refractivity contribution in [3.8, 4) is 0 Å². The highest BCUT2D eigenvalue weighted by Gasteiger charge is 2.15. The van der Waals surface area contributed by atoms with E-state index in [1.807, 2.05) is 13.0 Å². The Kier molecular flexibility index (Phi) is 6.60. The van der Waals surface area contributed by atoms with Crippen LogP contribution < -0.4 is 0 Å². The summed E-state index contributed by atoms with van der Waals surface area (Å²) in [6, 6.07) is 8.81. The van der Waals surface area contributed by atoms with Gasteiger partial charge in [0.2, 0.25) is 0 Å². The van der Waals surface area contributed by atoms with Gasteiger partial charge < -0.3 is 14.4 Å². The summed E-state index contributed by atoms with van der Waals surface area (Å²) in [5, 5.41) is 0. The lowest BCUT2D eigenvalue weighted by Gasteiger charge is -2.16. The molecule has 0 N–H and O–H groups in total. The first-order chi connectivity index (χ1) is 9.15. The molecule has 5 nitrogen and oxygen atoms in total. The normalized spacial score (nSPS) is 10.0. The molecule has 0 fully saturated rings. The van der Waals surface area contributed by atoms with Crippen molar-refractivity contribution in [2.45, 2.75) is 6.92 Å². The van der Waals surface area contributed by atoms with Crippen molar-refractivity contribution >= 4 is 11.9 Å². The molecule has 0 spiro atoms. The minimum atomic E-state index is -0.438. The maximum atomic E-state index is 11.9. The van der Waals surface area contributed by atoms with Crippen LogP contribution in [0.2, 0.25) is 0 Å². The Bertz CT molecular complexity index is 405. The number of carbonyl (C=O) groups excluding carboxylic acids is 2. The first kappa shape index (κ1) is 15.2. The topological polar surface area (TPSA) is 55.8 Å². The number of carbonyl (C=O) groups is 2. The summed E-state index contributed by atoms with van der Waals surface area (Å²) in [5.74, 6) is -0.645. The average Bonchev–Trinajstić information content (AvgIpc) is 2.43. The van der Waals surface area contributed by atoms with Gasteiger partial charge in [0.15, 0.2) is 0 Å². The van der Waals surface area contributed by atoms with E-state index >= 15 is 0 Å². The number of hydrogen-bond acceptors (Lipinski definition) is 4. The molecule has 0 heterocycles. The molecular formula is C14H19NO4. The standard InChI is InChI=1S/C14H19NO4/c1-3-18-9-10-19-13(16)11-15(2)14(17)12-7-5-4-6-8-12/h4-8H,3,9-11H2,1-2H3. The van der Waals surface area contributed by atoms with E-state index in [0.29, 0.717) is 18.8 Å². The fourth-order valence-electron chi connectivity index (χ4n) is 1.47. The Hall–Kier alpha value is -1.88. The molecule has 5 heteroatoms. The maximum Gasteiger partial charge on any atom is 0.325 e. The smallest absolute Gasteiger partial charge is 0.325 e. The van der Waals surface area contributed by atoms with Crippen LogP contribution >= 0.6 is 0 Å². The van der Waals surface area contributed by atoms with E-state index in [1.165, 1.54) is 4.90 Å². The number of esters is 1. The lowest BCUT2D eigenvalue weighted by molar-refractivity contribution is -0.145. The number of rotatable bonds is 7. The molecule has 1 aromatic carbocycles. The van der Waals surface area contributed by atoms with Gasteiger partial charge in [0.05, 0.1) is 6.61 Å². The second kappa shape index (κ2) is 8.26. The zero-order valence-corrected chi connectivity index (χ0v) is 11.3. The van der Waals surface area contributed by atoms with Gasteiger partial charge in [0, 0.05) is 19.2 Å². The Morgan fingerprint density at radius 3 is 2.47 bits per heavy atom. The monoisotopic (exact) mass is 265 g/mol. The summed E-state index contributed by atoms with van der Waals surface area (Å²) in [4.78, 5) is 24.8. The molecule has 0 aliphatic heterocycles. The second-order valence-corrected chi connectivity index (χ2v) is 3.94. The van der Waals surface area contributed by atoms with Gasteiger partial charge in [0.1, 0.15) is 13.2 Å². The number of likely N-dealkylation sites (N-methyl/N-ethyl adjacent to an activating group) is 1. The van der Waals surface area contributed by atoms with Gasteiger partial charge in [0.25, 0.3) is 5.91 Å². The largest absolute Gasteiger partial charge is 0.462 e. The van der Waals surface area contributed by atoms with E-state index < -0.39 is 5.97 Å². The van der Waals surface area contributed by atoms with Crippen LogP contribution in [0.1, 0.15) is 17.3 Å². The van der Waals surface area contributed by atoms with E-state index in [-0.39, 0.29) is 19.1 Å². The van der Waals surface area contributed by atoms with Gasteiger partial charge in [-0.25, -0.2) is 0 Å². The third-order valence-corrected chi connectivity index (χ3v) is 2.43. The zero-order valence-electron chi connectivity index (χ0n) is 11.3. The molecule has 1 amide bonds. The van der Waals surface area contributed by atoms with E-state index in [1.54, 1.807) is 31.3 Å². The highest BCUT2D eigenvalue weighted by Crippen LogP contribution is 2.02. The van der Waals surface area contributed by atoms with Crippen molar-refractivity contribution in [3.05, 3.63) is 35.9 Å². The number of benzene rings is 1. The highest BCUT2D eigenvalue weighted by atomic mass is 16.6. The zero-order chi connectivity index (χ0) is 14.1. The van der Waals surface area contributed by atoms with Gasteiger partial charge in [-0.3, -0.25) is 9.59 Å². The number of amides is 1. The molecular weight excluding hydrogens is 246 g/mol. The molecule has 0 aromatic heterocycles.